The molecule has 0 saturated heterocycles. The molecule has 7 nitrogen and oxygen atoms in total. The van der Waals surface area contributed by atoms with Gasteiger partial charge in [-0.15, -0.1) is 0 Å². The van der Waals surface area contributed by atoms with Crippen LogP contribution in [0.5, 0.6) is 0 Å². The molecule has 0 unspecified atom stereocenters. The third kappa shape index (κ3) is 8.39. The average Bonchev–Trinajstić information content (AvgIpc) is 2.76. The second-order valence-corrected chi connectivity index (χ2v) is 12.2. The Hall–Kier alpha value is -2.29. The molecule has 0 spiro atoms. The molecule has 0 bridgehead atoms. The van der Waals surface area contributed by atoms with Gasteiger partial charge in [0.2, 0.25) is 21.8 Å². The summed E-state index contributed by atoms with van der Waals surface area (Å²) in [6, 6.07) is 9.56. The number of carbonyl (C=O) groups excluding carboxylic acids is 2. The fraction of sp³-hybridized carbons (Fsp3) is 0.462. The smallest absolute Gasteiger partial charge is 0.244 e. The van der Waals surface area contributed by atoms with Crippen LogP contribution >= 0.6 is 23.2 Å². The van der Waals surface area contributed by atoms with Gasteiger partial charge in [0.05, 0.1) is 22.0 Å². The number of amides is 2. The highest BCUT2D eigenvalue weighted by atomic mass is 35.5. The number of nitrogens with zero attached hydrogens (tertiary/aromatic N) is 2. The van der Waals surface area contributed by atoms with Gasteiger partial charge in [-0.1, -0.05) is 56.1 Å². The summed E-state index contributed by atoms with van der Waals surface area (Å²) in [6.45, 7) is 9.57. The maximum Gasteiger partial charge on any atom is 0.244 e. The Morgan fingerprint density at radius 2 is 1.61 bits per heavy atom. The summed E-state index contributed by atoms with van der Waals surface area (Å²) in [5.74, 6) is -0.565. The molecule has 2 amide bonds. The number of rotatable bonds is 11. The maximum absolute atomic E-state index is 13.7. The van der Waals surface area contributed by atoms with E-state index in [0.29, 0.717) is 34.3 Å². The molecule has 0 aromatic heterocycles. The van der Waals surface area contributed by atoms with Crippen molar-refractivity contribution in [3.8, 4) is 0 Å². The molecule has 0 fully saturated rings. The van der Waals surface area contributed by atoms with Gasteiger partial charge in [-0.25, -0.2) is 8.42 Å². The molecule has 2 aromatic rings. The quantitative estimate of drug-likeness (QED) is 0.424. The summed E-state index contributed by atoms with van der Waals surface area (Å²) in [7, 11) is -3.79. The Labute approximate surface area is 224 Å². The predicted octanol–water partition coefficient (Wildman–Crippen LogP) is 4.96. The Bertz CT molecular complexity index is 1180. The summed E-state index contributed by atoms with van der Waals surface area (Å²) in [4.78, 5) is 28.2. The second kappa shape index (κ2) is 12.8. The summed E-state index contributed by atoms with van der Waals surface area (Å²) >= 11 is 12.2. The predicted molar refractivity (Wildman–Crippen MR) is 147 cm³/mol. The minimum Gasteiger partial charge on any atom is -0.354 e. The molecule has 0 radical (unpaired) electrons. The number of sulfonamides is 1. The first-order valence-corrected chi connectivity index (χ1v) is 14.4. The van der Waals surface area contributed by atoms with Crippen LogP contribution in [-0.2, 0) is 26.2 Å². The lowest BCUT2D eigenvalue weighted by molar-refractivity contribution is -0.140. The van der Waals surface area contributed by atoms with Crippen LogP contribution in [0, 0.1) is 19.8 Å². The highest BCUT2D eigenvalue weighted by Crippen LogP contribution is 2.25. The molecule has 0 aliphatic rings. The van der Waals surface area contributed by atoms with Crippen LogP contribution in [0.4, 0.5) is 5.69 Å². The number of halogens is 2. The van der Waals surface area contributed by atoms with E-state index in [1.807, 2.05) is 40.7 Å². The lowest BCUT2D eigenvalue weighted by Gasteiger charge is -2.33. The third-order valence-electron chi connectivity index (χ3n) is 5.58. The van der Waals surface area contributed by atoms with Crippen LogP contribution in [0.1, 0.15) is 43.9 Å². The number of anilines is 1. The molecule has 10 heteroatoms. The van der Waals surface area contributed by atoms with Gasteiger partial charge in [-0.2, -0.15) is 0 Å². The van der Waals surface area contributed by atoms with E-state index < -0.39 is 28.5 Å². The van der Waals surface area contributed by atoms with Gasteiger partial charge in [0, 0.05) is 13.1 Å². The zero-order chi connectivity index (χ0) is 27.2. The summed E-state index contributed by atoms with van der Waals surface area (Å²) in [5, 5.41) is 3.59. The first-order chi connectivity index (χ1) is 16.7. The van der Waals surface area contributed by atoms with E-state index in [2.05, 4.69) is 5.32 Å². The zero-order valence-corrected chi connectivity index (χ0v) is 24.0. The summed E-state index contributed by atoms with van der Waals surface area (Å²) in [5.41, 5.74) is 2.82. The van der Waals surface area contributed by atoms with Crippen molar-refractivity contribution in [3.05, 3.63) is 63.1 Å². The van der Waals surface area contributed by atoms with Crippen LogP contribution < -0.4 is 9.62 Å². The maximum atomic E-state index is 13.7. The van der Waals surface area contributed by atoms with E-state index in [0.717, 1.165) is 21.7 Å². The van der Waals surface area contributed by atoms with E-state index in [1.54, 1.807) is 30.3 Å². The van der Waals surface area contributed by atoms with Crippen molar-refractivity contribution in [2.24, 2.45) is 5.92 Å². The normalized spacial score (nSPS) is 12.4. The highest BCUT2D eigenvalue weighted by Gasteiger charge is 2.32. The van der Waals surface area contributed by atoms with E-state index in [9.17, 15) is 18.0 Å². The molecule has 0 saturated carbocycles. The number of carbonyl (C=O) groups is 2. The molecular weight excluding hydrogens is 521 g/mol. The fourth-order valence-corrected chi connectivity index (χ4v) is 5.04. The van der Waals surface area contributed by atoms with Crippen LogP contribution in [0.15, 0.2) is 36.4 Å². The summed E-state index contributed by atoms with van der Waals surface area (Å²) < 4.78 is 26.6. The van der Waals surface area contributed by atoms with Crippen LogP contribution in [0.3, 0.4) is 0 Å². The van der Waals surface area contributed by atoms with Crippen molar-refractivity contribution in [2.75, 3.05) is 23.7 Å². The van der Waals surface area contributed by atoms with Crippen molar-refractivity contribution < 1.29 is 18.0 Å². The minimum atomic E-state index is -3.79. The molecule has 198 valence electrons. The van der Waals surface area contributed by atoms with Crippen molar-refractivity contribution in [3.63, 3.8) is 0 Å². The average molecular weight is 557 g/mol. The number of hydrogen-bond acceptors (Lipinski definition) is 4. The van der Waals surface area contributed by atoms with E-state index in [1.165, 1.54) is 4.90 Å². The van der Waals surface area contributed by atoms with Crippen molar-refractivity contribution >= 4 is 50.7 Å². The van der Waals surface area contributed by atoms with Crippen LogP contribution in [-0.4, -0.2) is 50.5 Å². The SMILES string of the molecule is CC[C@@H](C(=O)NCC(C)C)N(Cc1ccc(Cl)c(Cl)c1)C(=O)CN(c1cc(C)cc(C)c1)S(C)(=O)=O. The molecule has 0 aliphatic carbocycles. The molecule has 2 rings (SSSR count). The fourth-order valence-electron chi connectivity index (χ4n) is 3.89. The summed E-state index contributed by atoms with van der Waals surface area (Å²) in [6.07, 6.45) is 1.41. The van der Waals surface area contributed by atoms with Gasteiger partial charge in [0.1, 0.15) is 12.6 Å². The standard InChI is InChI=1S/C26H35Cl2N3O4S/c1-7-24(26(33)29-14-17(2)3)30(15-20-8-9-22(27)23(28)13-20)25(32)16-31(36(6,34)35)21-11-18(4)10-19(5)12-21/h8-13,17,24H,7,14-16H2,1-6H3,(H,29,33)/t24-/m0/s1. The van der Waals surface area contributed by atoms with Crippen molar-refractivity contribution in [2.45, 2.75) is 53.6 Å². The van der Waals surface area contributed by atoms with Gasteiger partial charge < -0.3 is 10.2 Å². The van der Waals surface area contributed by atoms with Crippen LogP contribution in [0.25, 0.3) is 0 Å². The van der Waals surface area contributed by atoms with Gasteiger partial charge >= 0.3 is 0 Å². The molecule has 0 aliphatic heterocycles. The van der Waals surface area contributed by atoms with Crippen LogP contribution in [0.2, 0.25) is 10.0 Å². The van der Waals surface area contributed by atoms with Gasteiger partial charge in [-0.05, 0) is 67.1 Å². The first-order valence-electron chi connectivity index (χ1n) is 11.8. The number of nitrogens with one attached hydrogen (secondary N) is 1. The molecule has 36 heavy (non-hydrogen) atoms. The van der Waals surface area contributed by atoms with E-state index in [4.69, 9.17) is 23.2 Å². The van der Waals surface area contributed by atoms with Gasteiger partial charge in [-0.3, -0.25) is 13.9 Å². The van der Waals surface area contributed by atoms with E-state index >= 15 is 0 Å². The lowest BCUT2D eigenvalue weighted by atomic mass is 10.1. The Kier molecular flexibility index (Phi) is 10.6. The largest absolute Gasteiger partial charge is 0.354 e. The second-order valence-electron chi connectivity index (χ2n) is 9.45. The third-order valence-corrected chi connectivity index (χ3v) is 7.46. The Morgan fingerprint density at radius 3 is 2.11 bits per heavy atom. The Balaban J connectivity index is 2.48. The number of hydrogen-bond donors (Lipinski definition) is 1. The Morgan fingerprint density at radius 1 is 1.00 bits per heavy atom. The minimum absolute atomic E-state index is 0.0633. The number of benzene rings is 2. The van der Waals surface area contributed by atoms with Crippen molar-refractivity contribution in [1.82, 2.24) is 10.2 Å². The van der Waals surface area contributed by atoms with Gasteiger partial charge in [0.15, 0.2) is 0 Å². The molecule has 2 aromatic carbocycles. The van der Waals surface area contributed by atoms with Crippen molar-refractivity contribution in [1.29, 1.82) is 0 Å². The monoisotopic (exact) mass is 555 g/mol. The first kappa shape index (κ1) is 29.9. The lowest BCUT2D eigenvalue weighted by Crippen LogP contribution is -2.52. The molecule has 1 atom stereocenters. The highest BCUT2D eigenvalue weighted by molar-refractivity contribution is 7.92. The molecule has 1 N–H and O–H groups in total. The number of aryl methyl sites for hydroxylation is 2. The zero-order valence-electron chi connectivity index (χ0n) is 21.6. The molecule has 0 heterocycles. The topological polar surface area (TPSA) is 86.8 Å². The van der Waals surface area contributed by atoms with Gasteiger partial charge in [0.25, 0.3) is 0 Å². The molecular formula is C26H35Cl2N3O4S. The van der Waals surface area contributed by atoms with E-state index in [-0.39, 0.29) is 18.4 Å².